The number of phenolic OH excluding ortho intramolecular Hbond substituents is 1. The summed E-state index contributed by atoms with van der Waals surface area (Å²) in [5.74, 6) is -3.56. The fourth-order valence-electron chi connectivity index (χ4n) is 1.92. The molecule has 0 aliphatic carbocycles. The first kappa shape index (κ1) is 17.4. The van der Waals surface area contributed by atoms with Crippen molar-refractivity contribution in [2.45, 2.75) is 20.0 Å². The van der Waals surface area contributed by atoms with Crippen molar-refractivity contribution in [3.8, 4) is 5.75 Å². The Hall–Kier alpha value is -2.96. The van der Waals surface area contributed by atoms with Crippen molar-refractivity contribution in [2.75, 3.05) is 5.32 Å². The van der Waals surface area contributed by atoms with Crippen LogP contribution in [0.2, 0.25) is 0 Å². The van der Waals surface area contributed by atoms with Crippen molar-refractivity contribution >= 4 is 17.6 Å². The molecule has 2 aromatic carbocycles. The largest absolute Gasteiger partial charge is 0.507 e. The smallest absolute Gasteiger partial charge is 0.342 e. The molecule has 0 saturated heterocycles. The standard InChI is InChI=1S/C17H15F2NO4/c1-9-3-6-15(21)12(7-9)17(23)24-10(2)16(22)20-14-8-11(18)4-5-13(14)19/h3-8,10,21H,1-2H3,(H,20,22)/t10-/m1/s1. The third-order valence-electron chi connectivity index (χ3n) is 3.21. The number of phenols is 1. The minimum Gasteiger partial charge on any atom is -0.507 e. The van der Waals surface area contributed by atoms with E-state index in [-0.39, 0.29) is 17.0 Å². The highest BCUT2D eigenvalue weighted by Crippen LogP contribution is 2.20. The normalized spacial score (nSPS) is 11.7. The molecular formula is C17H15F2NO4. The quantitative estimate of drug-likeness (QED) is 0.842. The van der Waals surface area contributed by atoms with Crippen molar-refractivity contribution in [3.63, 3.8) is 0 Å². The fraction of sp³-hybridized carbons (Fsp3) is 0.176. The van der Waals surface area contributed by atoms with Gasteiger partial charge in [0, 0.05) is 6.07 Å². The molecule has 0 fully saturated rings. The number of benzene rings is 2. The molecule has 0 radical (unpaired) electrons. The highest BCUT2D eigenvalue weighted by atomic mass is 19.1. The van der Waals surface area contributed by atoms with Crippen LogP contribution in [0.5, 0.6) is 5.75 Å². The molecular weight excluding hydrogens is 320 g/mol. The zero-order valence-corrected chi connectivity index (χ0v) is 13.0. The average molecular weight is 335 g/mol. The van der Waals surface area contributed by atoms with Gasteiger partial charge in [0.05, 0.1) is 5.69 Å². The maximum absolute atomic E-state index is 13.5. The Labute approximate surface area is 136 Å². The number of nitrogens with one attached hydrogen (secondary N) is 1. The molecule has 0 saturated carbocycles. The van der Waals surface area contributed by atoms with Gasteiger partial charge in [0.15, 0.2) is 6.10 Å². The first-order valence-electron chi connectivity index (χ1n) is 7.04. The molecule has 5 nitrogen and oxygen atoms in total. The van der Waals surface area contributed by atoms with Gasteiger partial charge in [0.25, 0.3) is 5.91 Å². The van der Waals surface area contributed by atoms with E-state index in [2.05, 4.69) is 5.32 Å². The van der Waals surface area contributed by atoms with Gasteiger partial charge in [-0.15, -0.1) is 0 Å². The van der Waals surface area contributed by atoms with Gasteiger partial charge in [-0.25, -0.2) is 13.6 Å². The Bertz CT molecular complexity index is 792. The Kier molecular flexibility index (Phi) is 5.13. The van der Waals surface area contributed by atoms with Crippen molar-refractivity contribution in [1.29, 1.82) is 0 Å². The predicted octanol–water partition coefficient (Wildman–Crippen LogP) is 3.16. The van der Waals surface area contributed by atoms with Crippen molar-refractivity contribution in [3.05, 3.63) is 59.2 Å². The monoisotopic (exact) mass is 335 g/mol. The number of hydrogen-bond acceptors (Lipinski definition) is 4. The van der Waals surface area contributed by atoms with Gasteiger partial charge in [-0.2, -0.15) is 0 Å². The van der Waals surface area contributed by atoms with Gasteiger partial charge < -0.3 is 15.2 Å². The maximum atomic E-state index is 13.5. The lowest BCUT2D eigenvalue weighted by Crippen LogP contribution is -2.30. The van der Waals surface area contributed by atoms with Crippen LogP contribution in [0.4, 0.5) is 14.5 Å². The molecule has 0 aromatic heterocycles. The van der Waals surface area contributed by atoms with Crippen LogP contribution in [-0.2, 0) is 9.53 Å². The fourth-order valence-corrected chi connectivity index (χ4v) is 1.92. The van der Waals surface area contributed by atoms with Gasteiger partial charge in [-0.1, -0.05) is 11.6 Å². The van der Waals surface area contributed by atoms with Crippen LogP contribution < -0.4 is 5.32 Å². The summed E-state index contributed by atoms with van der Waals surface area (Å²) in [6.45, 7) is 3.00. The number of anilines is 1. The van der Waals surface area contributed by atoms with Crippen molar-refractivity contribution in [2.24, 2.45) is 0 Å². The third-order valence-corrected chi connectivity index (χ3v) is 3.21. The van der Waals surface area contributed by atoms with E-state index in [1.807, 2.05) is 0 Å². The molecule has 2 rings (SSSR count). The molecule has 24 heavy (non-hydrogen) atoms. The predicted molar refractivity (Wildman–Crippen MR) is 82.7 cm³/mol. The molecule has 7 heteroatoms. The van der Waals surface area contributed by atoms with E-state index >= 15 is 0 Å². The Morgan fingerprint density at radius 1 is 1.17 bits per heavy atom. The van der Waals surface area contributed by atoms with Gasteiger partial charge >= 0.3 is 5.97 Å². The maximum Gasteiger partial charge on any atom is 0.342 e. The van der Waals surface area contributed by atoms with Gasteiger partial charge in [0.1, 0.15) is 22.9 Å². The van der Waals surface area contributed by atoms with Crippen LogP contribution in [-0.4, -0.2) is 23.1 Å². The summed E-state index contributed by atoms with van der Waals surface area (Å²) in [5.41, 5.74) is 0.270. The molecule has 2 aromatic rings. The summed E-state index contributed by atoms with van der Waals surface area (Å²) < 4.78 is 31.5. The van der Waals surface area contributed by atoms with E-state index in [9.17, 15) is 23.5 Å². The van der Waals surface area contributed by atoms with Gasteiger partial charge in [-0.05, 0) is 38.1 Å². The zero-order chi connectivity index (χ0) is 17.9. The number of aromatic hydroxyl groups is 1. The second kappa shape index (κ2) is 7.08. The average Bonchev–Trinajstić information content (AvgIpc) is 2.53. The molecule has 0 spiro atoms. The van der Waals surface area contributed by atoms with Crippen molar-refractivity contribution < 1.29 is 28.2 Å². The molecule has 0 aliphatic rings. The van der Waals surface area contributed by atoms with E-state index in [1.165, 1.54) is 19.1 Å². The van der Waals surface area contributed by atoms with Gasteiger partial charge in [-0.3, -0.25) is 4.79 Å². The number of aryl methyl sites for hydroxylation is 1. The molecule has 1 amide bonds. The number of carbonyl (C=O) groups excluding carboxylic acids is 2. The number of ether oxygens (including phenoxy) is 1. The van der Waals surface area contributed by atoms with E-state index in [0.717, 1.165) is 23.8 Å². The number of hydrogen-bond donors (Lipinski definition) is 2. The first-order chi connectivity index (χ1) is 11.3. The Morgan fingerprint density at radius 3 is 2.58 bits per heavy atom. The second-order valence-electron chi connectivity index (χ2n) is 5.18. The summed E-state index contributed by atoms with van der Waals surface area (Å²) in [6, 6.07) is 6.94. The topological polar surface area (TPSA) is 75.6 Å². The zero-order valence-electron chi connectivity index (χ0n) is 13.0. The first-order valence-corrected chi connectivity index (χ1v) is 7.04. The third kappa shape index (κ3) is 4.07. The lowest BCUT2D eigenvalue weighted by atomic mass is 10.1. The van der Waals surface area contributed by atoms with E-state index in [4.69, 9.17) is 4.74 Å². The number of esters is 1. The molecule has 1 atom stereocenters. The Balaban J connectivity index is 2.07. The van der Waals surface area contributed by atoms with Gasteiger partial charge in [0.2, 0.25) is 0 Å². The summed E-state index contributed by atoms with van der Waals surface area (Å²) in [6.07, 6.45) is -1.28. The number of halogens is 2. The van der Waals surface area contributed by atoms with Crippen LogP contribution in [0, 0.1) is 18.6 Å². The van der Waals surface area contributed by atoms with E-state index in [0.29, 0.717) is 0 Å². The molecule has 0 heterocycles. The highest BCUT2D eigenvalue weighted by molar-refractivity contribution is 5.98. The van der Waals surface area contributed by atoms with Crippen LogP contribution in [0.15, 0.2) is 36.4 Å². The second-order valence-corrected chi connectivity index (χ2v) is 5.18. The van der Waals surface area contributed by atoms with Crippen LogP contribution in [0.25, 0.3) is 0 Å². The van der Waals surface area contributed by atoms with Crippen LogP contribution in [0.3, 0.4) is 0 Å². The highest BCUT2D eigenvalue weighted by Gasteiger charge is 2.22. The summed E-state index contributed by atoms with van der Waals surface area (Å²) in [4.78, 5) is 24.0. The number of amides is 1. The molecule has 0 bridgehead atoms. The summed E-state index contributed by atoms with van der Waals surface area (Å²) in [5, 5.41) is 11.8. The number of carbonyl (C=O) groups is 2. The number of rotatable bonds is 4. The minimum absolute atomic E-state index is 0.0911. The Morgan fingerprint density at radius 2 is 1.88 bits per heavy atom. The van der Waals surface area contributed by atoms with Crippen molar-refractivity contribution in [1.82, 2.24) is 0 Å². The van der Waals surface area contributed by atoms with Crippen LogP contribution in [0.1, 0.15) is 22.8 Å². The summed E-state index contributed by atoms with van der Waals surface area (Å²) >= 11 is 0. The SMILES string of the molecule is Cc1ccc(O)c(C(=O)O[C@H](C)C(=O)Nc2cc(F)ccc2F)c1. The van der Waals surface area contributed by atoms with E-state index < -0.39 is 29.6 Å². The molecule has 0 aliphatic heterocycles. The molecule has 126 valence electrons. The molecule has 2 N–H and O–H groups in total. The summed E-state index contributed by atoms with van der Waals surface area (Å²) in [7, 11) is 0. The lowest BCUT2D eigenvalue weighted by Gasteiger charge is -2.14. The lowest BCUT2D eigenvalue weighted by molar-refractivity contribution is -0.123. The minimum atomic E-state index is -1.28. The van der Waals surface area contributed by atoms with E-state index in [1.54, 1.807) is 13.0 Å². The van der Waals surface area contributed by atoms with Crippen LogP contribution >= 0.6 is 0 Å². The molecule has 0 unspecified atom stereocenters.